The summed E-state index contributed by atoms with van der Waals surface area (Å²) in [5.74, 6) is 7.80. The van der Waals surface area contributed by atoms with E-state index in [1.54, 1.807) is 0 Å². The molecule has 6 heteroatoms. The first-order valence-electron chi connectivity index (χ1n) is 7.78. The van der Waals surface area contributed by atoms with Crippen molar-refractivity contribution in [3.63, 3.8) is 0 Å². The Kier molecular flexibility index (Phi) is 5.00. The van der Waals surface area contributed by atoms with Crippen molar-refractivity contribution in [1.29, 1.82) is 0 Å². The third kappa shape index (κ3) is 4.04. The number of nitrogens with one attached hydrogen (secondary N) is 2. The Hall–Kier alpha value is -1.40. The molecule has 118 valence electrons. The van der Waals surface area contributed by atoms with Crippen molar-refractivity contribution in [2.75, 3.05) is 30.4 Å². The summed E-state index contributed by atoms with van der Waals surface area (Å²) in [7, 11) is 0. The molecule has 1 atom stereocenters. The highest BCUT2D eigenvalue weighted by Gasteiger charge is 2.23. The van der Waals surface area contributed by atoms with E-state index in [1.807, 2.05) is 6.07 Å². The van der Waals surface area contributed by atoms with Gasteiger partial charge in [-0.3, -0.25) is 4.90 Å². The number of likely N-dealkylation sites (N-methyl/N-ethyl adjacent to an activating group) is 1. The molecule has 0 aromatic carbocycles. The Morgan fingerprint density at radius 2 is 2.05 bits per heavy atom. The van der Waals surface area contributed by atoms with E-state index in [0.29, 0.717) is 11.9 Å². The summed E-state index contributed by atoms with van der Waals surface area (Å²) >= 11 is 0. The zero-order chi connectivity index (χ0) is 15.5. The summed E-state index contributed by atoms with van der Waals surface area (Å²) in [6.07, 6.45) is 2.53. The van der Waals surface area contributed by atoms with Crippen LogP contribution >= 0.6 is 0 Å². The van der Waals surface area contributed by atoms with E-state index >= 15 is 0 Å². The monoisotopic (exact) mass is 292 g/mol. The quantitative estimate of drug-likeness (QED) is 0.569. The van der Waals surface area contributed by atoms with Crippen LogP contribution in [0.5, 0.6) is 0 Å². The summed E-state index contributed by atoms with van der Waals surface area (Å²) in [5, 5.41) is 3.45. The zero-order valence-electron chi connectivity index (χ0n) is 13.6. The Balaban J connectivity index is 2.09. The molecule has 0 spiro atoms. The fraction of sp³-hybridized carbons (Fsp3) is 0.733. The second kappa shape index (κ2) is 6.58. The molecule has 6 nitrogen and oxygen atoms in total. The van der Waals surface area contributed by atoms with Crippen LogP contribution < -0.4 is 16.6 Å². The molecule has 0 amide bonds. The first kappa shape index (κ1) is 16.0. The lowest BCUT2D eigenvalue weighted by molar-refractivity contribution is 0.277. The number of nitrogens with two attached hydrogens (primary N) is 1. The smallest absolute Gasteiger partial charge is 0.145 e. The molecule has 0 aliphatic carbocycles. The molecule has 1 unspecified atom stereocenters. The number of hydrogen-bond acceptors (Lipinski definition) is 6. The Morgan fingerprint density at radius 3 is 2.67 bits per heavy atom. The molecule has 0 bridgehead atoms. The summed E-state index contributed by atoms with van der Waals surface area (Å²) in [4.78, 5) is 11.6. The first-order valence-corrected chi connectivity index (χ1v) is 7.78. The number of hydrazine groups is 1. The Labute approximate surface area is 127 Å². The van der Waals surface area contributed by atoms with Gasteiger partial charge < -0.3 is 10.7 Å². The van der Waals surface area contributed by atoms with E-state index in [2.05, 4.69) is 53.3 Å². The number of nitrogen functional groups attached to an aromatic ring is 1. The van der Waals surface area contributed by atoms with Crippen LogP contribution in [0.25, 0.3) is 0 Å². The third-order valence-electron chi connectivity index (χ3n) is 3.97. The van der Waals surface area contributed by atoms with Crippen molar-refractivity contribution < 1.29 is 0 Å². The van der Waals surface area contributed by atoms with Gasteiger partial charge >= 0.3 is 0 Å². The van der Waals surface area contributed by atoms with Crippen molar-refractivity contribution in [2.45, 2.75) is 52.0 Å². The van der Waals surface area contributed by atoms with E-state index in [-0.39, 0.29) is 5.41 Å². The van der Waals surface area contributed by atoms with Gasteiger partial charge in [0, 0.05) is 24.1 Å². The fourth-order valence-corrected chi connectivity index (χ4v) is 2.71. The van der Waals surface area contributed by atoms with Crippen LogP contribution in [0.4, 0.5) is 11.6 Å². The maximum atomic E-state index is 5.52. The highest BCUT2D eigenvalue weighted by atomic mass is 15.3. The van der Waals surface area contributed by atoms with Gasteiger partial charge in [-0.2, -0.15) is 0 Å². The summed E-state index contributed by atoms with van der Waals surface area (Å²) < 4.78 is 0. The topological polar surface area (TPSA) is 79.1 Å². The minimum atomic E-state index is -0.105. The molecule has 0 radical (unpaired) electrons. The Morgan fingerprint density at radius 1 is 1.33 bits per heavy atom. The highest BCUT2D eigenvalue weighted by molar-refractivity contribution is 5.47. The maximum absolute atomic E-state index is 5.52. The minimum absolute atomic E-state index is 0.105. The number of aromatic nitrogens is 2. The lowest BCUT2D eigenvalue weighted by atomic mass is 9.96. The van der Waals surface area contributed by atoms with E-state index in [4.69, 9.17) is 5.84 Å². The third-order valence-corrected chi connectivity index (χ3v) is 3.97. The maximum Gasteiger partial charge on any atom is 0.145 e. The molecule has 0 saturated carbocycles. The molecule has 1 aromatic heterocycles. The van der Waals surface area contributed by atoms with Crippen LogP contribution in [0.15, 0.2) is 6.07 Å². The average Bonchev–Trinajstić information content (AvgIpc) is 2.91. The zero-order valence-corrected chi connectivity index (χ0v) is 13.6. The largest absolute Gasteiger partial charge is 0.368 e. The SMILES string of the molecule is CCN1CCCC1CNc1cc(NN)nc(C(C)(C)C)n1. The van der Waals surface area contributed by atoms with Gasteiger partial charge in [-0.1, -0.05) is 27.7 Å². The molecule has 1 aromatic rings. The van der Waals surface area contributed by atoms with Crippen molar-refractivity contribution >= 4 is 11.6 Å². The lowest BCUT2D eigenvalue weighted by Crippen LogP contribution is -2.35. The molecule has 21 heavy (non-hydrogen) atoms. The molecule has 1 fully saturated rings. The van der Waals surface area contributed by atoms with Gasteiger partial charge in [-0.15, -0.1) is 0 Å². The number of hydrogen-bond donors (Lipinski definition) is 3. The van der Waals surface area contributed by atoms with Gasteiger partial charge in [0.15, 0.2) is 0 Å². The average molecular weight is 292 g/mol. The fourth-order valence-electron chi connectivity index (χ4n) is 2.71. The van der Waals surface area contributed by atoms with Crippen LogP contribution in [0.1, 0.15) is 46.4 Å². The van der Waals surface area contributed by atoms with Gasteiger partial charge in [0.25, 0.3) is 0 Å². The van der Waals surface area contributed by atoms with Crippen molar-refractivity contribution in [1.82, 2.24) is 14.9 Å². The number of anilines is 2. The van der Waals surface area contributed by atoms with Crippen molar-refractivity contribution in [3.05, 3.63) is 11.9 Å². The van der Waals surface area contributed by atoms with Gasteiger partial charge in [0.1, 0.15) is 17.5 Å². The normalized spacial score (nSPS) is 19.8. The molecule has 1 aliphatic heterocycles. The van der Waals surface area contributed by atoms with E-state index in [9.17, 15) is 0 Å². The molecule has 1 saturated heterocycles. The molecule has 4 N–H and O–H groups in total. The van der Waals surface area contributed by atoms with Crippen molar-refractivity contribution in [2.24, 2.45) is 5.84 Å². The van der Waals surface area contributed by atoms with E-state index in [1.165, 1.54) is 19.4 Å². The van der Waals surface area contributed by atoms with E-state index in [0.717, 1.165) is 24.7 Å². The van der Waals surface area contributed by atoms with Gasteiger partial charge in [0.05, 0.1) is 0 Å². The standard InChI is InChI=1S/C15H28N6/c1-5-21-8-6-7-11(21)10-17-12-9-13(20-16)19-14(18-12)15(2,3)4/h9,11H,5-8,10,16H2,1-4H3,(H2,17,18,19,20). The summed E-state index contributed by atoms with van der Waals surface area (Å²) in [5.41, 5.74) is 2.52. The van der Waals surface area contributed by atoms with Gasteiger partial charge in [-0.25, -0.2) is 15.8 Å². The number of nitrogens with zero attached hydrogens (tertiary/aromatic N) is 3. The molecular formula is C15H28N6. The summed E-state index contributed by atoms with van der Waals surface area (Å²) in [6, 6.07) is 2.46. The predicted molar refractivity (Wildman–Crippen MR) is 87.3 cm³/mol. The number of likely N-dealkylation sites (tertiary alicyclic amines) is 1. The van der Waals surface area contributed by atoms with E-state index < -0.39 is 0 Å². The second-order valence-electron chi connectivity index (χ2n) is 6.66. The second-order valence-corrected chi connectivity index (χ2v) is 6.66. The van der Waals surface area contributed by atoms with Crippen molar-refractivity contribution in [3.8, 4) is 0 Å². The Bertz CT molecular complexity index is 468. The predicted octanol–water partition coefficient (Wildman–Crippen LogP) is 1.96. The first-order chi connectivity index (χ1) is 9.94. The van der Waals surface area contributed by atoms with Crippen LogP contribution in [0.2, 0.25) is 0 Å². The van der Waals surface area contributed by atoms with Gasteiger partial charge in [-0.05, 0) is 25.9 Å². The van der Waals surface area contributed by atoms with Crippen LogP contribution in [0.3, 0.4) is 0 Å². The molecular weight excluding hydrogens is 264 g/mol. The number of rotatable bonds is 5. The van der Waals surface area contributed by atoms with Crippen LogP contribution in [-0.4, -0.2) is 40.5 Å². The molecule has 2 heterocycles. The minimum Gasteiger partial charge on any atom is -0.368 e. The van der Waals surface area contributed by atoms with Crippen LogP contribution in [0, 0.1) is 0 Å². The van der Waals surface area contributed by atoms with Crippen LogP contribution in [-0.2, 0) is 5.41 Å². The van der Waals surface area contributed by atoms with Gasteiger partial charge in [0.2, 0.25) is 0 Å². The highest BCUT2D eigenvalue weighted by Crippen LogP contribution is 2.23. The molecule has 1 aliphatic rings. The summed E-state index contributed by atoms with van der Waals surface area (Å²) in [6.45, 7) is 11.7. The molecule has 2 rings (SSSR count). The lowest BCUT2D eigenvalue weighted by Gasteiger charge is -2.24.